The summed E-state index contributed by atoms with van der Waals surface area (Å²) in [6.45, 7) is 0.548. The second-order valence-corrected chi connectivity index (χ2v) is 5.69. The van der Waals surface area contributed by atoms with Crippen molar-refractivity contribution >= 4 is 5.69 Å². The second-order valence-electron chi connectivity index (χ2n) is 5.69. The lowest BCUT2D eigenvalue weighted by Gasteiger charge is -2.16. The zero-order valence-electron chi connectivity index (χ0n) is 14.3. The summed E-state index contributed by atoms with van der Waals surface area (Å²) in [5.74, 6) is 0.520. The predicted octanol–water partition coefficient (Wildman–Crippen LogP) is 5.16. The van der Waals surface area contributed by atoms with Crippen LogP contribution in [0.1, 0.15) is 11.1 Å². The second kappa shape index (κ2) is 8.34. The summed E-state index contributed by atoms with van der Waals surface area (Å²) >= 11 is 0. The van der Waals surface area contributed by atoms with Gasteiger partial charge in [0.25, 0.3) is 0 Å². The van der Waals surface area contributed by atoms with Crippen LogP contribution < -0.4 is 14.8 Å². The van der Waals surface area contributed by atoms with Crippen LogP contribution in [0, 0.1) is 11.6 Å². The van der Waals surface area contributed by atoms with Crippen LogP contribution in [0.4, 0.5) is 14.5 Å². The molecule has 0 aliphatic carbocycles. The zero-order valence-corrected chi connectivity index (χ0v) is 14.3. The molecule has 0 unspecified atom stereocenters. The van der Waals surface area contributed by atoms with Crippen LogP contribution in [-0.2, 0) is 13.2 Å². The fraction of sp³-hybridized carbons (Fsp3) is 0.143. The minimum absolute atomic E-state index is 0.0938. The smallest absolute Gasteiger partial charge is 0.166 e. The van der Waals surface area contributed by atoms with Crippen LogP contribution in [0.5, 0.6) is 11.5 Å². The molecule has 0 fully saturated rings. The number of hydrogen-bond donors (Lipinski definition) is 1. The molecule has 26 heavy (non-hydrogen) atoms. The van der Waals surface area contributed by atoms with Gasteiger partial charge in [-0.15, -0.1) is 0 Å². The number of nitrogens with one attached hydrogen (secondary N) is 1. The fourth-order valence-electron chi connectivity index (χ4n) is 2.56. The van der Waals surface area contributed by atoms with Gasteiger partial charge in [0, 0.05) is 23.4 Å². The van der Waals surface area contributed by atoms with E-state index in [1.807, 2.05) is 12.1 Å². The van der Waals surface area contributed by atoms with E-state index in [2.05, 4.69) is 5.32 Å². The first-order valence-electron chi connectivity index (χ1n) is 8.19. The molecule has 0 saturated carbocycles. The number of anilines is 1. The zero-order chi connectivity index (χ0) is 18.4. The number of halogens is 2. The molecule has 134 valence electrons. The summed E-state index contributed by atoms with van der Waals surface area (Å²) in [6.07, 6.45) is 0. The lowest BCUT2D eigenvalue weighted by molar-refractivity contribution is 0.277. The third-order valence-corrected chi connectivity index (χ3v) is 3.94. The van der Waals surface area contributed by atoms with Gasteiger partial charge in [-0.25, -0.2) is 8.78 Å². The first-order chi connectivity index (χ1) is 12.7. The number of hydrogen-bond acceptors (Lipinski definition) is 3. The van der Waals surface area contributed by atoms with Crippen molar-refractivity contribution in [1.82, 2.24) is 0 Å². The Balaban J connectivity index is 1.77. The molecule has 0 saturated heterocycles. The third-order valence-electron chi connectivity index (χ3n) is 3.94. The van der Waals surface area contributed by atoms with Gasteiger partial charge >= 0.3 is 0 Å². The van der Waals surface area contributed by atoms with E-state index in [0.29, 0.717) is 23.6 Å². The maximum Gasteiger partial charge on any atom is 0.166 e. The molecule has 3 rings (SSSR count). The molecule has 0 amide bonds. The number of rotatable bonds is 7. The monoisotopic (exact) mass is 355 g/mol. The predicted molar refractivity (Wildman–Crippen MR) is 97.5 cm³/mol. The highest BCUT2D eigenvalue weighted by molar-refractivity contribution is 5.50. The summed E-state index contributed by atoms with van der Waals surface area (Å²) in [6, 6.07) is 18.1. The molecule has 3 aromatic rings. The van der Waals surface area contributed by atoms with Gasteiger partial charge in [0.2, 0.25) is 0 Å². The van der Waals surface area contributed by atoms with Gasteiger partial charge in [0.05, 0.1) is 7.11 Å². The summed E-state index contributed by atoms with van der Waals surface area (Å²) in [5.41, 5.74) is 2.11. The number of benzene rings is 3. The first kappa shape index (κ1) is 17.7. The quantitative estimate of drug-likeness (QED) is 0.635. The molecule has 0 bridgehead atoms. The molecule has 0 atom stereocenters. The van der Waals surface area contributed by atoms with Crippen LogP contribution in [0.2, 0.25) is 0 Å². The van der Waals surface area contributed by atoms with E-state index >= 15 is 0 Å². The molecule has 0 aliphatic heterocycles. The van der Waals surface area contributed by atoms with Crippen molar-refractivity contribution in [1.29, 1.82) is 0 Å². The van der Waals surface area contributed by atoms with E-state index < -0.39 is 0 Å². The molecule has 0 aliphatic rings. The SMILES string of the molecule is COc1cccc(CNc2ccc(F)cc2)c1OCc1ccccc1F. The van der Waals surface area contributed by atoms with Crippen LogP contribution >= 0.6 is 0 Å². The lowest BCUT2D eigenvalue weighted by atomic mass is 10.1. The van der Waals surface area contributed by atoms with Gasteiger partial charge in [0.1, 0.15) is 18.2 Å². The summed E-state index contributed by atoms with van der Waals surface area (Å²) in [5, 5.41) is 3.21. The molecule has 3 aromatic carbocycles. The molecule has 3 nitrogen and oxygen atoms in total. The molecular formula is C21H19F2NO2. The van der Waals surface area contributed by atoms with Gasteiger partial charge in [-0.3, -0.25) is 0 Å². The van der Waals surface area contributed by atoms with Crippen molar-refractivity contribution in [2.24, 2.45) is 0 Å². The Morgan fingerprint density at radius 1 is 0.846 bits per heavy atom. The fourth-order valence-corrected chi connectivity index (χ4v) is 2.56. The van der Waals surface area contributed by atoms with E-state index in [1.165, 1.54) is 18.2 Å². The molecule has 0 aromatic heterocycles. The Morgan fingerprint density at radius 2 is 1.58 bits per heavy atom. The Bertz CT molecular complexity index is 866. The number of methoxy groups -OCH3 is 1. The Hall–Kier alpha value is -3.08. The van der Waals surface area contributed by atoms with Crippen molar-refractivity contribution in [2.45, 2.75) is 13.2 Å². The molecule has 0 radical (unpaired) electrons. The minimum atomic E-state index is -0.312. The van der Waals surface area contributed by atoms with Gasteiger partial charge < -0.3 is 14.8 Å². The molecule has 0 heterocycles. The van der Waals surface area contributed by atoms with Crippen molar-refractivity contribution in [3.05, 3.63) is 89.5 Å². The lowest BCUT2D eigenvalue weighted by Crippen LogP contribution is -2.06. The maximum absolute atomic E-state index is 13.8. The Labute approximate surface area is 151 Å². The third kappa shape index (κ3) is 4.30. The van der Waals surface area contributed by atoms with E-state index in [0.717, 1.165) is 11.3 Å². The van der Waals surface area contributed by atoms with Crippen LogP contribution in [0.15, 0.2) is 66.7 Å². The summed E-state index contributed by atoms with van der Waals surface area (Å²) < 4.78 is 38.1. The molecule has 0 spiro atoms. The van der Waals surface area contributed by atoms with Crippen molar-refractivity contribution < 1.29 is 18.3 Å². The van der Waals surface area contributed by atoms with E-state index in [1.54, 1.807) is 43.5 Å². The highest BCUT2D eigenvalue weighted by Crippen LogP contribution is 2.32. The summed E-state index contributed by atoms with van der Waals surface area (Å²) in [4.78, 5) is 0. The number of para-hydroxylation sites is 1. The largest absolute Gasteiger partial charge is 0.493 e. The average Bonchev–Trinajstić information content (AvgIpc) is 2.67. The highest BCUT2D eigenvalue weighted by atomic mass is 19.1. The van der Waals surface area contributed by atoms with Crippen LogP contribution in [0.25, 0.3) is 0 Å². The molecule has 5 heteroatoms. The van der Waals surface area contributed by atoms with E-state index in [9.17, 15) is 8.78 Å². The van der Waals surface area contributed by atoms with Gasteiger partial charge in [-0.2, -0.15) is 0 Å². The highest BCUT2D eigenvalue weighted by Gasteiger charge is 2.12. The molecule has 1 N–H and O–H groups in total. The van der Waals surface area contributed by atoms with Crippen LogP contribution in [0.3, 0.4) is 0 Å². The minimum Gasteiger partial charge on any atom is -0.493 e. The maximum atomic E-state index is 13.8. The molecular weight excluding hydrogens is 336 g/mol. The van der Waals surface area contributed by atoms with E-state index in [4.69, 9.17) is 9.47 Å². The Morgan fingerprint density at radius 3 is 2.31 bits per heavy atom. The van der Waals surface area contributed by atoms with Crippen molar-refractivity contribution in [3.8, 4) is 11.5 Å². The normalized spacial score (nSPS) is 10.4. The van der Waals surface area contributed by atoms with Gasteiger partial charge in [-0.1, -0.05) is 30.3 Å². The first-order valence-corrected chi connectivity index (χ1v) is 8.19. The van der Waals surface area contributed by atoms with Gasteiger partial charge in [-0.05, 0) is 36.4 Å². The number of ether oxygens (including phenoxy) is 2. The van der Waals surface area contributed by atoms with Crippen molar-refractivity contribution in [3.63, 3.8) is 0 Å². The van der Waals surface area contributed by atoms with Gasteiger partial charge in [0.15, 0.2) is 11.5 Å². The Kier molecular flexibility index (Phi) is 5.69. The topological polar surface area (TPSA) is 30.5 Å². The van der Waals surface area contributed by atoms with E-state index in [-0.39, 0.29) is 18.2 Å². The standard InChI is InChI=1S/C21H19F2NO2/c1-25-20-8-4-6-15(13-24-18-11-9-17(22)10-12-18)21(20)26-14-16-5-2-3-7-19(16)23/h2-12,24H,13-14H2,1H3. The van der Waals surface area contributed by atoms with Crippen molar-refractivity contribution in [2.75, 3.05) is 12.4 Å². The summed E-state index contributed by atoms with van der Waals surface area (Å²) in [7, 11) is 1.56. The van der Waals surface area contributed by atoms with Crippen LogP contribution in [-0.4, -0.2) is 7.11 Å². The average molecular weight is 355 g/mol.